The third-order valence-corrected chi connectivity index (χ3v) is 2.47. The maximum atomic E-state index is 11.6. The molecular weight excluding hydrogens is 196 g/mol. The van der Waals surface area contributed by atoms with Crippen molar-refractivity contribution < 1.29 is 14.3 Å². The van der Waals surface area contributed by atoms with Gasteiger partial charge in [-0.1, -0.05) is 0 Å². The topological polar surface area (TPSA) is 50.8 Å². The van der Waals surface area contributed by atoms with Crippen LogP contribution in [-0.4, -0.2) is 48.6 Å². The van der Waals surface area contributed by atoms with Crippen LogP contribution in [0.5, 0.6) is 0 Å². The first-order valence-electron chi connectivity index (χ1n) is 5.27. The van der Waals surface area contributed by atoms with Crippen molar-refractivity contribution in [1.29, 1.82) is 0 Å². The minimum atomic E-state index is -0.427. The molecule has 0 aliphatic carbocycles. The highest BCUT2D eigenvalue weighted by Crippen LogP contribution is 2.26. The van der Waals surface area contributed by atoms with Crippen LogP contribution in [0.15, 0.2) is 0 Å². The van der Waals surface area contributed by atoms with Crippen LogP contribution < -0.4 is 5.32 Å². The van der Waals surface area contributed by atoms with Crippen molar-refractivity contribution in [2.45, 2.75) is 32.1 Å². The molecule has 15 heavy (non-hydrogen) atoms. The Kier molecular flexibility index (Phi) is 2.39. The first kappa shape index (κ1) is 10.7. The molecule has 0 atom stereocenters. The molecule has 0 aromatic heterocycles. The fourth-order valence-electron chi connectivity index (χ4n) is 1.81. The minimum Gasteiger partial charge on any atom is -0.444 e. The van der Waals surface area contributed by atoms with Crippen molar-refractivity contribution >= 4 is 6.09 Å². The molecule has 5 heteroatoms. The van der Waals surface area contributed by atoms with E-state index in [4.69, 9.17) is 9.47 Å². The zero-order valence-corrected chi connectivity index (χ0v) is 9.50. The highest BCUT2D eigenvalue weighted by molar-refractivity contribution is 5.69. The van der Waals surface area contributed by atoms with Gasteiger partial charge in [0.25, 0.3) is 0 Å². The van der Waals surface area contributed by atoms with E-state index in [0.717, 1.165) is 13.2 Å². The van der Waals surface area contributed by atoms with Crippen LogP contribution >= 0.6 is 0 Å². The lowest BCUT2D eigenvalue weighted by atomic mass is 10.1. The van der Waals surface area contributed by atoms with E-state index in [1.165, 1.54) is 0 Å². The summed E-state index contributed by atoms with van der Waals surface area (Å²) in [5.74, 6) is 0. The van der Waals surface area contributed by atoms with Gasteiger partial charge < -0.3 is 9.47 Å². The van der Waals surface area contributed by atoms with Crippen molar-refractivity contribution in [3.63, 3.8) is 0 Å². The Bertz CT molecular complexity index is 258. The van der Waals surface area contributed by atoms with Gasteiger partial charge >= 0.3 is 6.09 Å². The summed E-state index contributed by atoms with van der Waals surface area (Å²) in [6.45, 7) is 8.36. The number of carbonyl (C=O) groups excluding carboxylic acids is 1. The van der Waals surface area contributed by atoms with Crippen molar-refractivity contribution in [2.24, 2.45) is 0 Å². The lowest BCUT2D eigenvalue weighted by molar-refractivity contribution is -0.120. The van der Waals surface area contributed by atoms with Crippen LogP contribution in [-0.2, 0) is 9.47 Å². The fraction of sp³-hybridized carbons (Fsp3) is 0.900. The maximum absolute atomic E-state index is 11.6. The van der Waals surface area contributed by atoms with Gasteiger partial charge in [-0.25, -0.2) is 4.79 Å². The number of nitrogens with one attached hydrogen (secondary N) is 1. The van der Waals surface area contributed by atoms with E-state index in [0.29, 0.717) is 13.1 Å². The van der Waals surface area contributed by atoms with Gasteiger partial charge in [-0.15, -0.1) is 0 Å². The fourth-order valence-corrected chi connectivity index (χ4v) is 1.81. The molecule has 0 aromatic rings. The summed E-state index contributed by atoms with van der Waals surface area (Å²) in [5.41, 5.74) is -0.708. The molecule has 0 saturated carbocycles. The third-order valence-electron chi connectivity index (χ3n) is 2.47. The van der Waals surface area contributed by atoms with Gasteiger partial charge in [-0.3, -0.25) is 10.2 Å². The van der Waals surface area contributed by atoms with E-state index in [9.17, 15) is 4.79 Å². The molecule has 1 N–H and O–H groups in total. The summed E-state index contributed by atoms with van der Waals surface area (Å²) in [6.07, 6.45) is -0.259. The second-order valence-electron chi connectivity index (χ2n) is 5.11. The second kappa shape index (κ2) is 3.35. The van der Waals surface area contributed by atoms with Crippen molar-refractivity contribution in [3.8, 4) is 0 Å². The van der Waals surface area contributed by atoms with Crippen molar-refractivity contribution in [3.05, 3.63) is 0 Å². The molecule has 2 rings (SSSR count). The van der Waals surface area contributed by atoms with Crippen molar-refractivity contribution in [1.82, 2.24) is 10.2 Å². The Morgan fingerprint density at radius 3 is 2.60 bits per heavy atom. The van der Waals surface area contributed by atoms with Gasteiger partial charge in [0.05, 0.1) is 19.7 Å². The van der Waals surface area contributed by atoms with Gasteiger partial charge in [-0.05, 0) is 20.8 Å². The van der Waals surface area contributed by atoms with Gasteiger partial charge in [0.15, 0.2) is 5.72 Å². The average molecular weight is 214 g/mol. The SMILES string of the molecule is CC(C)(C)OC(=O)N1CC2(C1)NCCO2. The Morgan fingerprint density at radius 2 is 2.13 bits per heavy atom. The molecule has 0 radical (unpaired) electrons. The molecule has 5 nitrogen and oxygen atoms in total. The molecule has 0 bridgehead atoms. The van der Waals surface area contributed by atoms with Crippen LogP contribution in [0.3, 0.4) is 0 Å². The number of likely N-dealkylation sites (tertiary alicyclic amines) is 1. The monoisotopic (exact) mass is 214 g/mol. The molecule has 1 amide bonds. The Balaban J connectivity index is 1.81. The molecule has 1 spiro atoms. The Morgan fingerprint density at radius 1 is 1.47 bits per heavy atom. The number of amides is 1. The van der Waals surface area contributed by atoms with Gasteiger partial charge in [-0.2, -0.15) is 0 Å². The standard InChI is InChI=1S/C10H18N2O3/c1-9(2,3)15-8(13)12-6-10(7-12)11-4-5-14-10/h11H,4-7H2,1-3H3. The predicted molar refractivity (Wildman–Crippen MR) is 54.5 cm³/mol. The average Bonchev–Trinajstić information content (AvgIpc) is 2.44. The van der Waals surface area contributed by atoms with Crippen LogP contribution in [0, 0.1) is 0 Å². The van der Waals surface area contributed by atoms with Crippen LogP contribution in [0.25, 0.3) is 0 Å². The normalized spacial score (nSPS) is 24.1. The molecule has 2 aliphatic heterocycles. The molecule has 2 aliphatic rings. The van der Waals surface area contributed by atoms with Crippen LogP contribution in [0.4, 0.5) is 4.79 Å². The second-order valence-corrected chi connectivity index (χ2v) is 5.11. The Labute approximate surface area is 89.7 Å². The van der Waals surface area contributed by atoms with E-state index < -0.39 is 5.60 Å². The van der Waals surface area contributed by atoms with Gasteiger partial charge in [0.1, 0.15) is 5.60 Å². The summed E-state index contributed by atoms with van der Waals surface area (Å²) < 4.78 is 10.8. The molecule has 86 valence electrons. The molecule has 0 unspecified atom stereocenters. The van der Waals surface area contributed by atoms with Crippen molar-refractivity contribution in [2.75, 3.05) is 26.2 Å². The summed E-state index contributed by atoms with van der Waals surface area (Å²) in [5, 5.41) is 3.25. The lowest BCUT2D eigenvalue weighted by Crippen LogP contribution is -2.69. The molecule has 2 saturated heterocycles. The number of carbonyl (C=O) groups is 1. The summed E-state index contributed by atoms with van der Waals surface area (Å²) in [7, 11) is 0. The zero-order chi connectivity index (χ0) is 11.1. The summed E-state index contributed by atoms with van der Waals surface area (Å²) >= 11 is 0. The highest BCUT2D eigenvalue weighted by atomic mass is 16.6. The zero-order valence-electron chi connectivity index (χ0n) is 9.50. The quantitative estimate of drug-likeness (QED) is 0.640. The van der Waals surface area contributed by atoms with E-state index in [2.05, 4.69) is 5.32 Å². The molecule has 2 fully saturated rings. The highest BCUT2D eigenvalue weighted by Gasteiger charge is 2.49. The van der Waals surface area contributed by atoms with E-state index in [1.807, 2.05) is 20.8 Å². The van der Waals surface area contributed by atoms with Crippen LogP contribution in [0.2, 0.25) is 0 Å². The first-order chi connectivity index (χ1) is 6.90. The molecule has 0 aromatic carbocycles. The number of rotatable bonds is 0. The van der Waals surface area contributed by atoms with E-state index in [-0.39, 0.29) is 11.8 Å². The number of nitrogens with zero attached hydrogens (tertiary/aromatic N) is 1. The third kappa shape index (κ3) is 2.23. The number of hydrogen-bond acceptors (Lipinski definition) is 4. The lowest BCUT2D eigenvalue weighted by Gasteiger charge is -2.46. The number of ether oxygens (including phenoxy) is 2. The van der Waals surface area contributed by atoms with Crippen LogP contribution in [0.1, 0.15) is 20.8 Å². The minimum absolute atomic E-state index is 0.259. The first-order valence-corrected chi connectivity index (χ1v) is 5.27. The maximum Gasteiger partial charge on any atom is 0.410 e. The number of hydrogen-bond donors (Lipinski definition) is 1. The molecular formula is C10H18N2O3. The molecule has 2 heterocycles. The van der Waals surface area contributed by atoms with Gasteiger partial charge in [0, 0.05) is 6.54 Å². The van der Waals surface area contributed by atoms with E-state index >= 15 is 0 Å². The Hall–Kier alpha value is -0.810. The summed E-state index contributed by atoms with van der Waals surface area (Å²) in [4.78, 5) is 13.3. The smallest absolute Gasteiger partial charge is 0.410 e. The summed E-state index contributed by atoms with van der Waals surface area (Å²) in [6, 6.07) is 0. The van der Waals surface area contributed by atoms with Gasteiger partial charge in [0.2, 0.25) is 0 Å². The van der Waals surface area contributed by atoms with E-state index in [1.54, 1.807) is 4.90 Å². The predicted octanol–water partition coefficient (Wildman–Crippen LogP) is 0.553. The largest absolute Gasteiger partial charge is 0.444 e.